The summed E-state index contributed by atoms with van der Waals surface area (Å²) in [6.45, 7) is 4.00. The number of fused-ring (bicyclic) bond motifs is 3. The van der Waals surface area contributed by atoms with Crippen molar-refractivity contribution in [3.05, 3.63) is 0 Å². The third-order valence-electron chi connectivity index (χ3n) is 7.34. The van der Waals surface area contributed by atoms with E-state index in [0.717, 1.165) is 43.9 Å². The summed E-state index contributed by atoms with van der Waals surface area (Å²) in [5.41, 5.74) is -0.0128. The summed E-state index contributed by atoms with van der Waals surface area (Å²) < 4.78 is 5.18. The first kappa shape index (κ1) is 16.4. The van der Waals surface area contributed by atoms with Crippen LogP contribution in [0.4, 0.5) is 0 Å². The zero-order valence-electron chi connectivity index (χ0n) is 14.4. The van der Waals surface area contributed by atoms with Crippen molar-refractivity contribution in [3.8, 4) is 0 Å². The van der Waals surface area contributed by atoms with E-state index in [4.69, 9.17) is 4.74 Å². The monoisotopic (exact) mass is 308 g/mol. The zero-order valence-corrected chi connectivity index (χ0v) is 14.4. The molecule has 3 aliphatic rings. The van der Waals surface area contributed by atoms with E-state index < -0.39 is 5.79 Å². The van der Waals surface area contributed by atoms with E-state index >= 15 is 0 Å². The molecular formula is C19H32O3. The number of methoxy groups -OCH3 is 1. The first-order chi connectivity index (χ1) is 10.4. The van der Waals surface area contributed by atoms with Gasteiger partial charge >= 0.3 is 0 Å². The maximum absolute atomic E-state index is 12.3. The highest BCUT2D eigenvalue weighted by Gasteiger charge is 2.55. The summed E-state index contributed by atoms with van der Waals surface area (Å²) in [5, 5.41) is 10.1. The Bertz CT molecular complexity index is 430. The number of Topliss-reactive ketones (excluding diaryl/α,β-unsaturated/α-hetero) is 1. The fourth-order valence-corrected chi connectivity index (χ4v) is 5.83. The molecule has 3 saturated carbocycles. The zero-order chi connectivity index (χ0) is 16.0. The van der Waals surface area contributed by atoms with E-state index in [9.17, 15) is 9.90 Å². The van der Waals surface area contributed by atoms with Gasteiger partial charge in [0.1, 0.15) is 5.78 Å². The van der Waals surface area contributed by atoms with Gasteiger partial charge in [-0.3, -0.25) is 4.79 Å². The molecule has 3 nitrogen and oxygen atoms in total. The first-order valence-electron chi connectivity index (χ1n) is 9.18. The van der Waals surface area contributed by atoms with Crippen molar-refractivity contribution in [2.45, 2.75) is 77.4 Å². The Morgan fingerprint density at radius 2 is 2.05 bits per heavy atom. The molecule has 3 heteroatoms. The minimum absolute atomic E-state index is 0.0128. The van der Waals surface area contributed by atoms with Gasteiger partial charge in [0, 0.05) is 25.4 Å². The average Bonchev–Trinajstić information content (AvgIpc) is 2.81. The first-order valence-corrected chi connectivity index (χ1v) is 9.18. The summed E-state index contributed by atoms with van der Waals surface area (Å²) in [4.78, 5) is 12.3. The third kappa shape index (κ3) is 2.75. The van der Waals surface area contributed by atoms with E-state index in [1.54, 1.807) is 14.0 Å². The average molecular weight is 308 g/mol. The van der Waals surface area contributed by atoms with Gasteiger partial charge in [-0.05, 0) is 62.7 Å². The Balaban J connectivity index is 1.69. The van der Waals surface area contributed by atoms with Crippen LogP contribution in [-0.2, 0) is 9.53 Å². The van der Waals surface area contributed by atoms with Crippen LogP contribution in [0.25, 0.3) is 0 Å². The number of hydrogen-bond acceptors (Lipinski definition) is 3. The summed E-state index contributed by atoms with van der Waals surface area (Å²) >= 11 is 0. The van der Waals surface area contributed by atoms with Crippen LogP contribution in [0.15, 0.2) is 0 Å². The summed E-state index contributed by atoms with van der Waals surface area (Å²) in [6, 6.07) is 0. The predicted octanol–water partition coefficient (Wildman–Crippen LogP) is 3.93. The van der Waals surface area contributed by atoms with Gasteiger partial charge < -0.3 is 9.84 Å². The Kier molecular flexibility index (Phi) is 4.41. The van der Waals surface area contributed by atoms with Gasteiger partial charge in [-0.2, -0.15) is 0 Å². The highest BCUT2D eigenvalue weighted by atomic mass is 16.6. The SMILES string of the molecule is COC(C)(O)CC[C@H]1CCC[C@@H]2[C@@H]1CC[C@]1(C)C(=O)CC[C@@H]21. The molecule has 0 spiro atoms. The number of rotatable bonds is 4. The molecule has 6 atom stereocenters. The lowest BCUT2D eigenvalue weighted by Gasteiger charge is -2.51. The molecule has 22 heavy (non-hydrogen) atoms. The molecule has 0 aromatic carbocycles. The van der Waals surface area contributed by atoms with Crippen molar-refractivity contribution in [1.82, 2.24) is 0 Å². The molecule has 3 aliphatic carbocycles. The van der Waals surface area contributed by atoms with Crippen molar-refractivity contribution in [1.29, 1.82) is 0 Å². The van der Waals surface area contributed by atoms with Crippen molar-refractivity contribution < 1.29 is 14.6 Å². The number of carbonyl (C=O) groups excluding carboxylic acids is 1. The number of aliphatic hydroxyl groups is 1. The fourth-order valence-electron chi connectivity index (χ4n) is 5.83. The molecule has 0 heterocycles. The van der Waals surface area contributed by atoms with Crippen LogP contribution >= 0.6 is 0 Å². The molecule has 3 fully saturated rings. The molecular weight excluding hydrogens is 276 g/mol. The second-order valence-electron chi connectivity index (χ2n) is 8.46. The molecule has 0 bridgehead atoms. The summed E-state index contributed by atoms with van der Waals surface area (Å²) in [6.07, 6.45) is 9.91. The van der Waals surface area contributed by atoms with Gasteiger partial charge in [0.05, 0.1) is 0 Å². The predicted molar refractivity (Wildman–Crippen MR) is 86.3 cm³/mol. The van der Waals surface area contributed by atoms with Crippen LogP contribution in [0.5, 0.6) is 0 Å². The normalized spacial score (nSPS) is 44.3. The standard InChI is InChI=1S/C19H32O3/c1-18-11-10-14-13(9-12-19(2,21)22-3)5-4-6-15(14)16(18)7-8-17(18)20/h13-16,21H,4-12H2,1-3H3/t13-,14-,15-,16+,18+,19?/m1/s1. The van der Waals surface area contributed by atoms with Crippen LogP contribution in [0.1, 0.15) is 71.6 Å². The maximum Gasteiger partial charge on any atom is 0.162 e. The van der Waals surface area contributed by atoms with Crippen molar-refractivity contribution in [2.75, 3.05) is 7.11 Å². The Labute approximate surface area is 134 Å². The van der Waals surface area contributed by atoms with E-state index in [1.807, 2.05) is 0 Å². The lowest BCUT2D eigenvalue weighted by molar-refractivity contribution is -0.179. The molecule has 0 radical (unpaired) electrons. The number of ether oxygens (including phenoxy) is 1. The van der Waals surface area contributed by atoms with Gasteiger partial charge in [0.25, 0.3) is 0 Å². The molecule has 3 rings (SSSR count). The molecule has 1 unspecified atom stereocenters. The second-order valence-corrected chi connectivity index (χ2v) is 8.46. The highest BCUT2D eigenvalue weighted by Crippen LogP contribution is 2.59. The second kappa shape index (κ2) is 5.90. The van der Waals surface area contributed by atoms with Crippen molar-refractivity contribution in [2.24, 2.45) is 29.1 Å². The van der Waals surface area contributed by atoms with E-state index in [-0.39, 0.29) is 5.41 Å². The molecule has 126 valence electrons. The molecule has 1 N–H and O–H groups in total. The number of ketones is 1. The molecule has 0 saturated heterocycles. The van der Waals surface area contributed by atoms with Crippen molar-refractivity contribution in [3.63, 3.8) is 0 Å². The summed E-state index contributed by atoms with van der Waals surface area (Å²) in [5.74, 6) is 2.40. The van der Waals surface area contributed by atoms with Gasteiger partial charge in [-0.15, -0.1) is 0 Å². The van der Waals surface area contributed by atoms with Crippen LogP contribution < -0.4 is 0 Å². The van der Waals surface area contributed by atoms with Crippen LogP contribution in [0.2, 0.25) is 0 Å². The topological polar surface area (TPSA) is 46.5 Å². The maximum atomic E-state index is 12.3. The summed E-state index contributed by atoms with van der Waals surface area (Å²) in [7, 11) is 1.58. The quantitative estimate of drug-likeness (QED) is 0.800. The van der Waals surface area contributed by atoms with Crippen molar-refractivity contribution >= 4 is 5.78 Å². The molecule has 0 amide bonds. The third-order valence-corrected chi connectivity index (χ3v) is 7.34. The minimum atomic E-state index is -0.987. The Morgan fingerprint density at radius 1 is 1.27 bits per heavy atom. The van der Waals surface area contributed by atoms with Crippen LogP contribution in [0, 0.1) is 29.1 Å². The van der Waals surface area contributed by atoms with Crippen LogP contribution in [0.3, 0.4) is 0 Å². The lowest BCUT2D eigenvalue weighted by Crippen LogP contribution is -2.45. The molecule has 0 aromatic heterocycles. The Morgan fingerprint density at radius 3 is 2.77 bits per heavy atom. The fraction of sp³-hybridized carbons (Fsp3) is 0.947. The minimum Gasteiger partial charge on any atom is -0.366 e. The lowest BCUT2D eigenvalue weighted by atomic mass is 9.54. The van der Waals surface area contributed by atoms with Gasteiger partial charge in [0.2, 0.25) is 0 Å². The van der Waals surface area contributed by atoms with Gasteiger partial charge in [0.15, 0.2) is 5.79 Å². The largest absolute Gasteiger partial charge is 0.366 e. The molecule has 0 aliphatic heterocycles. The van der Waals surface area contributed by atoms with Crippen LogP contribution in [-0.4, -0.2) is 23.8 Å². The highest BCUT2D eigenvalue weighted by molar-refractivity contribution is 5.87. The Hall–Kier alpha value is -0.410. The number of hydrogen-bond donors (Lipinski definition) is 1. The van der Waals surface area contributed by atoms with Gasteiger partial charge in [-0.25, -0.2) is 0 Å². The smallest absolute Gasteiger partial charge is 0.162 e. The number of carbonyl (C=O) groups is 1. The van der Waals surface area contributed by atoms with Gasteiger partial charge in [-0.1, -0.05) is 19.8 Å². The molecule has 0 aromatic rings. The van der Waals surface area contributed by atoms with E-state index in [2.05, 4.69) is 6.92 Å². The van der Waals surface area contributed by atoms with E-state index in [0.29, 0.717) is 17.6 Å². The van der Waals surface area contributed by atoms with E-state index in [1.165, 1.54) is 25.7 Å².